The molecule has 0 aromatic heterocycles. The van der Waals surface area contributed by atoms with Crippen molar-refractivity contribution in [2.24, 2.45) is 0 Å². The molecule has 0 aliphatic rings. The first-order valence-corrected chi connectivity index (χ1v) is 4.52. The number of carboxylic acid groups (broad SMARTS) is 1. The summed E-state index contributed by atoms with van der Waals surface area (Å²) in [6.45, 7) is 0. The molecule has 0 saturated heterocycles. The average molecular weight is 232 g/mol. The first-order chi connectivity index (χ1) is 6.99. The van der Waals surface area contributed by atoms with Gasteiger partial charge in [-0.25, -0.2) is 9.21 Å². The van der Waals surface area contributed by atoms with Gasteiger partial charge in [-0.05, 0) is 23.9 Å². The van der Waals surface area contributed by atoms with E-state index in [4.69, 9.17) is 21.6 Å². The van der Waals surface area contributed by atoms with Crippen LogP contribution in [0.15, 0.2) is 24.3 Å². The quantitative estimate of drug-likeness (QED) is 0.792. The first-order valence-electron chi connectivity index (χ1n) is 4.18. The van der Waals surface area contributed by atoms with Gasteiger partial charge in [0.05, 0.1) is 7.11 Å². The lowest BCUT2D eigenvalue weighted by Crippen LogP contribution is -1.99. The number of carboxylic acids is 1. The molecule has 1 N–H and O–H groups in total. The fourth-order valence-electron chi connectivity index (χ4n) is 0.821. The van der Waals surface area contributed by atoms with Gasteiger partial charge in [0, 0.05) is 14.1 Å². The Morgan fingerprint density at radius 1 is 1.40 bits per heavy atom. The Hall–Kier alpha value is -1.26. The molecule has 0 atom stereocenters. The summed E-state index contributed by atoms with van der Waals surface area (Å²) in [5.74, 6) is -0.581. The van der Waals surface area contributed by atoms with E-state index in [1.807, 2.05) is 0 Å². The number of methoxy groups -OCH3 is 1. The van der Waals surface area contributed by atoms with Crippen LogP contribution in [-0.2, 0) is 0 Å². The van der Waals surface area contributed by atoms with Crippen LogP contribution in [0.2, 0.25) is 0 Å². The molecule has 0 aliphatic heterocycles. The lowest BCUT2D eigenvalue weighted by molar-refractivity contribution is 0.0693. The topological polar surface area (TPSA) is 49.8 Å². The number of nitrogens with zero attached hydrogens (tertiary/aromatic N) is 1. The molecule has 0 fully saturated rings. The highest BCUT2D eigenvalue weighted by Gasteiger charge is 2.07. The number of hydrogen-bond donors (Lipinski definition) is 1. The molecule has 0 radical (unpaired) electrons. The van der Waals surface area contributed by atoms with Gasteiger partial charge in [-0.1, -0.05) is 12.1 Å². The normalized spacial score (nSPS) is 9.13. The number of ether oxygens (including phenoxy) is 1. The number of rotatable bonds is 2. The third kappa shape index (κ3) is 5.93. The smallest absolute Gasteiger partial charge is 0.339 e. The summed E-state index contributed by atoms with van der Waals surface area (Å²) in [4.78, 5) is 10.5. The van der Waals surface area contributed by atoms with Crippen LogP contribution >= 0.6 is 11.8 Å². The van der Waals surface area contributed by atoms with Crippen LogP contribution in [0.4, 0.5) is 0 Å². The van der Waals surface area contributed by atoms with E-state index in [2.05, 4.69) is 0 Å². The largest absolute Gasteiger partial charge is 0.496 e. The Morgan fingerprint density at radius 3 is 2.20 bits per heavy atom. The minimum atomic E-state index is -0.970. The van der Waals surface area contributed by atoms with Crippen molar-refractivity contribution in [3.8, 4) is 5.75 Å². The SMILES string of the molecule is CN(C)Cl.COc1ccccc1C(=O)O. The van der Waals surface area contributed by atoms with Crippen molar-refractivity contribution in [3.05, 3.63) is 29.8 Å². The summed E-state index contributed by atoms with van der Waals surface area (Å²) >= 11 is 5.11. The van der Waals surface area contributed by atoms with E-state index < -0.39 is 5.97 Å². The van der Waals surface area contributed by atoms with Crippen LogP contribution in [0.3, 0.4) is 0 Å². The monoisotopic (exact) mass is 231 g/mol. The summed E-state index contributed by atoms with van der Waals surface area (Å²) in [6.07, 6.45) is 0. The molecule has 1 aromatic rings. The second-order valence-corrected chi connectivity index (χ2v) is 3.47. The summed E-state index contributed by atoms with van der Waals surface area (Å²) in [5, 5.41) is 8.62. The zero-order chi connectivity index (χ0) is 11.8. The maximum Gasteiger partial charge on any atom is 0.339 e. The fourth-order valence-corrected chi connectivity index (χ4v) is 0.821. The molecule has 0 heterocycles. The van der Waals surface area contributed by atoms with E-state index in [1.165, 1.54) is 17.6 Å². The predicted molar refractivity (Wildman–Crippen MR) is 59.5 cm³/mol. The molecule has 1 aromatic carbocycles. The van der Waals surface area contributed by atoms with E-state index in [0.717, 1.165) is 0 Å². The molecular formula is C10H14ClNO3. The highest BCUT2D eigenvalue weighted by atomic mass is 35.5. The zero-order valence-electron chi connectivity index (χ0n) is 8.90. The number of carbonyl (C=O) groups is 1. The van der Waals surface area contributed by atoms with E-state index >= 15 is 0 Å². The van der Waals surface area contributed by atoms with Crippen LogP contribution < -0.4 is 4.74 Å². The second kappa shape index (κ2) is 7.09. The van der Waals surface area contributed by atoms with Crippen LogP contribution in [0.5, 0.6) is 5.75 Å². The second-order valence-electron chi connectivity index (χ2n) is 2.79. The van der Waals surface area contributed by atoms with Crippen LogP contribution in [0.25, 0.3) is 0 Å². The number of aromatic carboxylic acids is 1. The van der Waals surface area contributed by atoms with E-state index in [-0.39, 0.29) is 5.56 Å². The van der Waals surface area contributed by atoms with E-state index in [0.29, 0.717) is 5.75 Å². The number of halogens is 1. The van der Waals surface area contributed by atoms with Crippen molar-refractivity contribution in [2.45, 2.75) is 0 Å². The Kier molecular flexibility index (Phi) is 6.49. The molecule has 0 bridgehead atoms. The third-order valence-corrected chi connectivity index (χ3v) is 1.34. The molecule has 15 heavy (non-hydrogen) atoms. The highest BCUT2D eigenvalue weighted by molar-refractivity contribution is 6.12. The molecule has 1 rings (SSSR count). The summed E-state index contributed by atoms with van der Waals surface area (Å²) in [5.41, 5.74) is 0.190. The Morgan fingerprint density at radius 2 is 1.87 bits per heavy atom. The minimum Gasteiger partial charge on any atom is -0.496 e. The molecule has 4 nitrogen and oxygen atoms in total. The molecule has 0 spiro atoms. The van der Waals surface area contributed by atoms with Crippen LogP contribution in [0, 0.1) is 0 Å². The van der Waals surface area contributed by atoms with Crippen LogP contribution in [-0.4, -0.2) is 36.7 Å². The van der Waals surface area contributed by atoms with Crippen molar-refractivity contribution in [1.29, 1.82) is 0 Å². The number of para-hydroxylation sites is 1. The molecule has 84 valence electrons. The summed E-state index contributed by atoms with van der Waals surface area (Å²) in [6, 6.07) is 6.50. The standard InChI is InChI=1S/C8H8O3.C2H6ClN/c1-11-7-5-3-2-4-6(7)8(9)10;1-4(2)3/h2-5H,1H3,(H,9,10);1-2H3. The molecular weight excluding hydrogens is 218 g/mol. The Labute approximate surface area is 94.1 Å². The molecule has 5 heteroatoms. The maximum absolute atomic E-state index is 10.5. The number of benzene rings is 1. The maximum atomic E-state index is 10.5. The van der Waals surface area contributed by atoms with Gasteiger partial charge in [0.1, 0.15) is 11.3 Å². The van der Waals surface area contributed by atoms with Gasteiger partial charge < -0.3 is 9.84 Å². The summed E-state index contributed by atoms with van der Waals surface area (Å²) < 4.78 is 6.30. The van der Waals surface area contributed by atoms with Crippen LogP contribution in [0.1, 0.15) is 10.4 Å². The summed E-state index contributed by atoms with van der Waals surface area (Å²) in [7, 11) is 4.98. The molecule has 0 saturated carbocycles. The van der Waals surface area contributed by atoms with Gasteiger partial charge in [0.2, 0.25) is 0 Å². The van der Waals surface area contributed by atoms with Gasteiger partial charge in [0.25, 0.3) is 0 Å². The average Bonchev–Trinajstić information content (AvgIpc) is 2.16. The van der Waals surface area contributed by atoms with Crippen molar-refractivity contribution in [1.82, 2.24) is 4.42 Å². The Bertz CT molecular complexity index is 313. The lowest BCUT2D eigenvalue weighted by Gasteiger charge is -2.01. The molecule has 0 amide bonds. The first kappa shape index (κ1) is 13.7. The van der Waals surface area contributed by atoms with Crippen molar-refractivity contribution >= 4 is 17.7 Å². The van der Waals surface area contributed by atoms with Crippen molar-refractivity contribution in [3.63, 3.8) is 0 Å². The van der Waals surface area contributed by atoms with Gasteiger partial charge in [-0.3, -0.25) is 0 Å². The third-order valence-electron chi connectivity index (χ3n) is 1.34. The zero-order valence-corrected chi connectivity index (χ0v) is 9.65. The highest BCUT2D eigenvalue weighted by Crippen LogP contribution is 2.16. The van der Waals surface area contributed by atoms with Gasteiger partial charge in [-0.2, -0.15) is 0 Å². The minimum absolute atomic E-state index is 0.190. The van der Waals surface area contributed by atoms with Crippen molar-refractivity contribution in [2.75, 3.05) is 21.2 Å². The fraction of sp³-hybridized carbons (Fsp3) is 0.300. The van der Waals surface area contributed by atoms with E-state index in [9.17, 15) is 4.79 Å². The van der Waals surface area contributed by atoms with Crippen molar-refractivity contribution < 1.29 is 14.6 Å². The number of hydrogen-bond acceptors (Lipinski definition) is 3. The van der Waals surface area contributed by atoms with Gasteiger partial charge >= 0.3 is 5.97 Å². The predicted octanol–water partition coefficient (Wildman–Crippen LogP) is 2.10. The lowest BCUT2D eigenvalue weighted by atomic mass is 10.2. The molecule has 0 unspecified atom stereocenters. The Balaban J connectivity index is 0.000000423. The van der Waals surface area contributed by atoms with E-state index in [1.54, 1.807) is 32.3 Å². The molecule has 0 aliphatic carbocycles. The van der Waals surface area contributed by atoms with Gasteiger partial charge in [0.15, 0.2) is 0 Å². The van der Waals surface area contributed by atoms with Gasteiger partial charge in [-0.15, -0.1) is 0 Å².